The van der Waals surface area contributed by atoms with Crippen LogP contribution in [0.5, 0.6) is 5.88 Å². The minimum absolute atomic E-state index is 0.231. The van der Waals surface area contributed by atoms with E-state index in [1.807, 2.05) is 31.2 Å². The summed E-state index contributed by atoms with van der Waals surface area (Å²) in [6.07, 6.45) is 1.75. The second kappa shape index (κ2) is 8.03. The van der Waals surface area contributed by atoms with Crippen molar-refractivity contribution in [1.82, 2.24) is 5.16 Å². The van der Waals surface area contributed by atoms with Gasteiger partial charge in [0.15, 0.2) is 5.58 Å². The summed E-state index contributed by atoms with van der Waals surface area (Å²) in [4.78, 5) is 29.2. The first-order valence-electron chi connectivity index (χ1n) is 12.5. The molecule has 0 spiro atoms. The lowest BCUT2D eigenvalue weighted by molar-refractivity contribution is -0.131. The molecule has 0 aliphatic carbocycles. The van der Waals surface area contributed by atoms with Crippen molar-refractivity contribution >= 4 is 50.8 Å². The van der Waals surface area contributed by atoms with Crippen LogP contribution >= 0.6 is 11.6 Å². The predicted molar refractivity (Wildman–Crippen MR) is 139 cm³/mol. The highest BCUT2D eigenvalue weighted by Gasteiger charge is 2.73. The highest BCUT2D eigenvalue weighted by Crippen LogP contribution is 2.62. The number of carbonyl (C=O) groups excluding carboxylic acids is 2. The Kier molecular flexibility index (Phi) is 4.91. The molecule has 3 fully saturated rings. The van der Waals surface area contributed by atoms with Crippen LogP contribution in [-0.2, 0) is 14.3 Å². The Morgan fingerprint density at radius 3 is 2.68 bits per heavy atom. The molecule has 8 nitrogen and oxygen atoms in total. The fourth-order valence-corrected chi connectivity index (χ4v) is 6.91. The van der Waals surface area contributed by atoms with Gasteiger partial charge in [0.2, 0.25) is 11.8 Å². The molecule has 7 rings (SSSR count). The summed E-state index contributed by atoms with van der Waals surface area (Å²) >= 11 is 6.12. The molecule has 0 radical (unpaired) electrons. The zero-order valence-electron chi connectivity index (χ0n) is 20.4. The molecule has 3 saturated heterocycles. The Balaban J connectivity index is 1.21. The molecular weight excluding hydrogens is 506 g/mol. The van der Waals surface area contributed by atoms with Crippen LogP contribution in [0.4, 0.5) is 5.69 Å². The maximum absolute atomic E-state index is 14.0. The van der Waals surface area contributed by atoms with E-state index in [2.05, 4.69) is 11.2 Å². The number of anilines is 1. The van der Waals surface area contributed by atoms with Gasteiger partial charge in [-0.2, -0.15) is 5.26 Å². The fourth-order valence-electron chi connectivity index (χ4n) is 6.74. The van der Waals surface area contributed by atoms with E-state index >= 15 is 0 Å². The molecule has 9 heteroatoms. The second-order valence-corrected chi connectivity index (χ2v) is 10.9. The van der Waals surface area contributed by atoms with Crippen molar-refractivity contribution in [2.75, 3.05) is 11.5 Å². The van der Waals surface area contributed by atoms with Gasteiger partial charge in [0.05, 0.1) is 52.4 Å². The van der Waals surface area contributed by atoms with Gasteiger partial charge in [0.25, 0.3) is 5.88 Å². The van der Waals surface area contributed by atoms with Gasteiger partial charge in [-0.1, -0.05) is 35.9 Å². The van der Waals surface area contributed by atoms with E-state index in [1.165, 1.54) is 4.90 Å². The number of nitrogens with zero attached hydrogens (tertiary/aromatic N) is 3. The molecular formula is C29H22ClN3O5. The molecule has 4 heterocycles. The summed E-state index contributed by atoms with van der Waals surface area (Å²) in [6, 6.07) is 18.1. The average Bonchev–Trinajstić information content (AvgIpc) is 3.62. The third-order valence-electron chi connectivity index (χ3n) is 8.44. The van der Waals surface area contributed by atoms with Crippen molar-refractivity contribution in [2.45, 2.75) is 37.4 Å². The summed E-state index contributed by atoms with van der Waals surface area (Å²) in [5.41, 5.74) is 0.0112. The van der Waals surface area contributed by atoms with Gasteiger partial charge in [-0.3, -0.25) is 9.59 Å². The van der Waals surface area contributed by atoms with E-state index in [4.69, 9.17) is 25.6 Å². The first kappa shape index (κ1) is 23.2. The number of aromatic nitrogens is 1. The maximum Gasteiger partial charge on any atom is 0.262 e. The van der Waals surface area contributed by atoms with Crippen LogP contribution in [0.15, 0.2) is 59.1 Å². The molecule has 4 aromatic rings. The number of fused-ring (bicyclic) bond motifs is 7. The van der Waals surface area contributed by atoms with E-state index in [-0.39, 0.29) is 18.4 Å². The number of imide groups is 1. The van der Waals surface area contributed by atoms with Crippen molar-refractivity contribution in [3.05, 3.63) is 65.2 Å². The number of hydrogen-bond donors (Lipinski definition) is 0. The van der Waals surface area contributed by atoms with Crippen LogP contribution in [0.25, 0.3) is 21.7 Å². The van der Waals surface area contributed by atoms with Gasteiger partial charge in [-0.15, -0.1) is 0 Å². The summed E-state index contributed by atoms with van der Waals surface area (Å²) in [6.45, 7) is 2.16. The lowest BCUT2D eigenvalue weighted by atomic mass is 9.67. The number of carbonyl (C=O) groups is 2. The van der Waals surface area contributed by atoms with Crippen LogP contribution in [0.3, 0.4) is 0 Å². The Morgan fingerprint density at radius 2 is 1.87 bits per heavy atom. The average molecular weight is 528 g/mol. The molecule has 190 valence electrons. The lowest BCUT2D eigenvalue weighted by Gasteiger charge is -2.31. The molecule has 0 saturated carbocycles. The molecule has 3 aliphatic rings. The number of benzene rings is 3. The molecule has 38 heavy (non-hydrogen) atoms. The maximum atomic E-state index is 14.0. The molecule has 0 N–H and O–H groups in total. The third kappa shape index (κ3) is 3.09. The Labute approximate surface area is 222 Å². The van der Waals surface area contributed by atoms with Gasteiger partial charge in [0.1, 0.15) is 0 Å². The molecule has 0 unspecified atom stereocenters. The minimum atomic E-state index is -0.819. The Bertz CT molecular complexity index is 1710. The van der Waals surface area contributed by atoms with Gasteiger partial charge in [-0.25, -0.2) is 4.90 Å². The Hall–Kier alpha value is -3.93. The smallest absolute Gasteiger partial charge is 0.262 e. The monoisotopic (exact) mass is 527 g/mol. The van der Waals surface area contributed by atoms with E-state index in [0.717, 1.165) is 0 Å². The van der Waals surface area contributed by atoms with Gasteiger partial charge in [0, 0.05) is 22.2 Å². The molecule has 1 aromatic heterocycles. The molecule has 4 atom stereocenters. The van der Waals surface area contributed by atoms with E-state index < -0.39 is 23.0 Å². The molecule has 3 aromatic carbocycles. The minimum Gasteiger partial charge on any atom is -0.475 e. The summed E-state index contributed by atoms with van der Waals surface area (Å²) < 4.78 is 17.8. The number of ether oxygens (including phenoxy) is 2. The van der Waals surface area contributed by atoms with E-state index in [9.17, 15) is 14.9 Å². The lowest BCUT2D eigenvalue weighted by Crippen LogP contribution is -2.43. The van der Waals surface area contributed by atoms with Crippen LogP contribution in [0, 0.1) is 23.2 Å². The topological polar surface area (TPSA) is 106 Å². The first-order valence-corrected chi connectivity index (χ1v) is 12.9. The summed E-state index contributed by atoms with van der Waals surface area (Å²) in [7, 11) is 0. The zero-order valence-corrected chi connectivity index (χ0v) is 21.2. The second-order valence-electron chi connectivity index (χ2n) is 10.5. The van der Waals surface area contributed by atoms with E-state index in [0.29, 0.717) is 63.2 Å². The van der Waals surface area contributed by atoms with Crippen molar-refractivity contribution in [3.8, 4) is 11.9 Å². The summed E-state index contributed by atoms with van der Waals surface area (Å²) in [5, 5.41) is 16.2. The fraction of sp³-hybridized carbons (Fsp3) is 0.310. The third-order valence-corrected chi connectivity index (χ3v) is 8.67. The van der Waals surface area contributed by atoms with Gasteiger partial charge in [-0.05, 0) is 55.3 Å². The van der Waals surface area contributed by atoms with Gasteiger partial charge < -0.3 is 14.0 Å². The zero-order chi connectivity index (χ0) is 26.2. The standard InChI is InChI=1S/C29H22ClN3O5/c1-28-10-11-29(38-28,12-13-36-25-20-14-17(30)7-9-22(20)37-32-25)24-23(28)26(34)33(27(24)35)21-8-6-16(15-31)18-4-2-3-5-19(18)21/h2-9,14,23-24H,10-13H2,1H3/t23-,24+,28-,29-/m1/s1. The normalized spacial score (nSPS) is 27.9. The number of nitriles is 1. The summed E-state index contributed by atoms with van der Waals surface area (Å²) in [5.74, 6) is -1.39. The molecule has 2 amide bonds. The Morgan fingerprint density at radius 1 is 1.08 bits per heavy atom. The van der Waals surface area contributed by atoms with Crippen molar-refractivity contribution < 1.29 is 23.6 Å². The largest absolute Gasteiger partial charge is 0.475 e. The number of amides is 2. The van der Waals surface area contributed by atoms with Crippen LogP contribution in [0.2, 0.25) is 5.02 Å². The van der Waals surface area contributed by atoms with E-state index in [1.54, 1.807) is 30.3 Å². The molecule has 3 aliphatic heterocycles. The van der Waals surface area contributed by atoms with Crippen molar-refractivity contribution in [1.29, 1.82) is 5.26 Å². The molecule has 2 bridgehead atoms. The number of hydrogen-bond acceptors (Lipinski definition) is 7. The van der Waals surface area contributed by atoms with Crippen LogP contribution in [-0.4, -0.2) is 34.8 Å². The highest BCUT2D eigenvalue weighted by atomic mass is 35.5. The quantitative estimate of drug-likeness (QED) is 0.320. The van der Waals surface area contributed by atoms with Crippen molar-refractivity contribution in [2.24, 2.45) is 11.8 Å². The number of rotatable bonds is 5. The van der Waals surface area contributed by atoms with Crippen LogP contribution in [0.1, 0.15) is 31.7 Å². The first-order chi connectivity index (χ1) is 18.3. The number of halogens is 1. The SMILES string of the molecule is C[C@]12CC[C@](CCOc3noc4ccc(Cl)cc34)(O1)[C@@H]1C(=O)N(c3ccc(C#N)c4ccccc34)C(=O)[C@@H]12. The van der Waals surface area contributed by atoms with Crippen molar-refractivity contribution in [3.63, 3.8) is 0 Å². The highest BCUT2D eigenvalue weighted by molar-refractivity contribution is 6.31. The van der Waals surface area contributed by atoms with Gasteiger partial charge >= 0.3 is 0 Å². The predicted octanol–water partition coefficient (Wildman–Crippen LogP) is 5.40. The van der Waals surface area contributed by atoms with Crippen LogP contribution < -0.4 is 9.64 Å².